The molecule has 0 amide bonds. The van der Waals surface area contributed by atoms with Gasteiger partial charge in [0.15, 0.2) is 0 Å². The first-order chi connectivity index (χ1) is 6.79. The molecule has 2 rings (SSSR count). The summed E-state index contributed by atoms with van der Waals surface area (Å²) in [6.07, 6.45) is 4.94. The van der Waals surface area contributed by atoms with E-state index in [-0.39, 0.29) is 0 Å². The fourth-order valence-corrected chi connectivity index (χ4v) is 1.92. The largest absolute Gasteiger partial charge is 0.488 e. The van der Waals surface area contributed by atoms with Crippen LogP contribution in [-0.2, 0) is 6.42 Å². The van der Waals surface area contributed by atoms with Crippen molar-refractivity contribution in [3.05, 3.63) is 41.5 Å². The Kier molecular flexibility index (Phi) is 2.70. The Labute approximate surface area is 84.0 Å². The summed E-state index contributed by atoms with van der Waals surface area (Å²) in [7, 11) is -1.35. The van der Waals surface area contributed by atoms with E-state index in [0.717, 1.165) is 24.8 Å². The van der Waals surface area contributed by atoms with Crippen molar-refractivity contribution in [2.45, 2.75) is 19.3 Å². The Hall–Kier alpha value is -1.06. The van der Waals surface area contributed by atoms with Crippen LogP contribution >= 0.6 is 0 Å². The summed E-state index contributed by atoms with van der Waals surface area (Å²) in [5.74, 6) is 0. The molecule has 0 aromatic heterocycles. The summed E-state index contributed by atoms with van der Waals surface area (Å²) in [4.78, 5) is 0. The van der Waals surface area contributed by atoms with Crippen LogP contribution in [0, 0.1) is 0 Å². The van der Waals surface area contributed by atoms with Crippen LogP contribution in [0.25, 0.3) is 5.47 Å². The number of fused-ring (bicyclic) bond motifs is 1. The fourth-order valence-electron chi connectivity index (χ4n) is 1.92. The molecule has 0 spiro atoms. The molecule has 1 aliphatic carbocycles. The molecule has 0 radical (unpaired) electrons. The highest BCUT2D eigenvalue weighted by Gasteiger charge is 2.20. The van der Waals surface area contributed by atoms with E-state index >= 15 is 0 Å². The number of aryl methyl sites for hydroxylation is 1. The molecule has 3 heteroatoms. The lowest BCUT2D eigenvalue weighted by Crippen LogP contribution is -2.14. The summed E-state index contributed by atoms with van der Waals surface area (Å²) < 4.78 is 0. The molecule has 1 aromatic rings. The topological polar surface area (TPSA) is 40.5 Å². The van der Waals surface area contributed by atoms with Gasteiger partial charge in [0.2, 0.25) is 0 Å². The van der Waals surface area contributed by atoms with Crippen LogP contribution in [0.4, 0.5) is 0 Å². The highest BCUT2D eigenvalue weighted by molar-refractivity contribution is 6.65. The second kappa shape index (κ2) is 3.99. The molecule has 0 bridgehead atoms. The van der Waals surface area contributed by atoms with Gasteiger partial charge in [-0.2, -0.15) is 0 Å². The molecule has 0 atom stereocenters. The molecular formula is C11H13BO2. The molecule has 0 saturated carbocycles. The Bertz CT molecular complexity index is 358. The van der Waals surface area contributed by atoms with Crippen LogP contribution in [-0.4, -0.2) is 17.2 Å². The summed E-state index contributed by atoms with van der Waals surface area (Å²) in [5.41, 5.74) is 2.85. The van der Waals surface area contributed by atoms with Crippen LogP contribution in [0.1, 0.15) is 24.0 Å². The zero-order valence-corrected chi connectivity index (χ0v) is 7.98. The third kappa shape index (κ3) is 1.74. The van der Waals surface area contributed by atoms with Gasteiger partial charge in [0.1, 0.15) is 0 Å². The fraction of sp³-hybridized carbons (Fsp3) is 0.273. The van der Waals surface area contributed by atoms with Gasteiger partial charge in [-0.25, -0.2) is 0 Å². The molecule has 0 unspecified atom stereocenters. The first-order valence-electron chi connectivity index (χ1n) is 4.93. The van der Waals surface area contributed by atoms with Crippen LogP contribution < -0.4 is 0 Å². The first kappa shape index (κ1) is 9.50. The second-order valence-electron chi connectivity index (χ2n) is 3.58. The first-order valence-corrected chi connectivity index (χ1v) is 4.93. The number of benzene rings is 1. The Balaban J connectivity index is 2.48. The number of hydrogen-bond donors (Lipinski definition) is 2. The van der Waals surface area contributed by atoms with Gasteiger partial charge < -0.3 is 10.0 Å². The van der Waals surface area contributed by atoms with Crippen LogP contribution in [0.5, 0.6) is 0 Å². The third-order valence-electron chi connectivity index (χ3n) is 2.62. The molecule has 0 saturated heterocycles. The summed E-state index contributed by atoms with van der Waals surface area (Å²) in [6.45, 7) is 0. The molecule has 2 nitrogen and oxygen atoms in total. The molecule has 0 heterocycles. The predicted molar refractivity (Wildman–Crippen MR) is 57.5 cm³/mol. The van der Waals surface area contributed by atoms with E-state index in [1.165, 1.54) is 5.56 Å². The van der Waals surface area contributed by atoms with Crippen molar-refractivity contribution in [2.75, 3.05) is 0 Å². The predicted octanol–water partition coefficient (Wildman–Crippen LogP) is 1.42. The Morgan fingerprint density at radius 1 is 1.14 bits per heavy atom. The van der Waals surface area contributed by atoms with E-state index < -0.39 is 7.12 Å². The number of hydrogen-bond acceptors (Lipinski definition) is 2. The number of rotatable bonds is 1. The second-order valence-corrected chi connectivity index (χ2v) is 3.58. The average Bonchev–Trinajstić information content (AvgIpc) is 2.39. The molecule has 1 aliphatic rings. The van der Waals surface area contributed by atoms with Crippen molar-refractivity contribution in [1.82, 2.24) is 0 Å². The lowest BCUT2D eigenvalue weighted by molar-refractivity contribution is 0.427. The minimum Gasteiger partial charge on any atom is -0.423 e. The lowest BCUT2D eigenvalue weighted by Gasteiger charge is -2.09. The molecule has 0 aliphatic heterocycles. The van der Waals surface area contributed by atoms with Crippen LogP contribution in [0.15, 0.2) is 30.3 Å². The van der Waals surface area contributed by atoms with E-state index in [1.807, 2.05) is 24.3 Å². The minimum absolute atomic E-state index is 0.651. The van der Waals surface area contributed by atoms with Gasteiger partial charge >= 0.3 is 7.12 Å². The molecule has 0 fully saturated rings. The van der Waals surface area contributed by atoms with Gasteiger partial charge in [-0.15, -0.1) is 0 Å². The monoisotopic (exact) mass is 188 g/mol. The van der Waals surface area contributed by atoms with Gasteiger partial charge in [-0.1, -0.05) is 30.3 Å². The van der Waals surface area contributed by atoms with Crippen molar-refractivity contribution in [1.29, 1.82) is 0 Å². The van der Waals surface area contributed by atoms with Crippen LogP contribution in [0.3, 0.4) is 0 Å². The SMILES string of the molecule is OB(O)C1=CCCCc2ccccc21. The normalized spacial score (nSPS) is 15.4. The van der Waals surface area contributed by atoms with Gasteiger partial charge in [0.05, 0.1) is 0 Å². The molecule has 72 valence electrons. The summed E-state index contributed by atoms with van der Waals surface area (Å²) in [5, 5.41) is 18.5. The van der Waals surface area contributed by atoms with Crippen molar-refractivity contribution >= 4 is 12.6 Å². The number of allylic oxidation sites excluding steroid dienone is 1. The zero-order valence-electron chi connectivity index (χ0n) is 7.98. The maximum absolute atomic E-state index is 9.24. The quantitative estimate of drug-likeness (QED) is 0.654. The zero-order chi connectivity index (χ0) is 9.97. The van der Waals surface area contributed by atoms with Crippen molar-refractivity contribution in [3.63, 3.8) is 0 Å². The maximum Gasteiger partial charge on any atom is 0.488 e. The van der Waals surface area contributed by atoms with Crippen molar-refractivity contribution in [2.24, 2.45) is 0 Å². The Morgan fingerprint density at radius 2 is 1.93 bits per heavy atom. The van der Waals surface area contributed by atoms with Gasteiger partial charge in [-0.05, 0) is 35.9 Å². The van der Waals surface area contributed by atoms with E-state index in [9.17, 15) is 10.0 Å². The standard InChI is InChI=1S/C11H13BO2/c13-12(14)11-8-4-2-6-9-5-1-3-7-10(9)11/h1,3,5,7-8,13-14H,2,4,6H2. The smallest absolute Gasteiger partial charge is 0.423 e. The highest BCUT2D eigenvalue weighted by atomic mass is 16.4. The third-order valence-corrected chi connectivity index (χ3v) is 2.62. The molecular weight excluding hydrogens is 175 g/mol. The molecule has 14 heavy (non-hydrogen) atoms. The van der Waals surface area contributed by atoms with Gasteiger partial charge in [0, 0.05) is 0 Å². The minimum atomic E-state index is -1.35. The lowest BCUT2D eigenvalue weighted by atomic mass is 9.74. The van der Waals surface area contributed by atoms with E-state index in [1.54, 1.807) is 0 Å². The van der Waals surface area contributed by atoms with E-state index in [0.29, 0.717) is 5.47 Å². The highest BCUT2D eigenvalue weighted by Crippen LogP contribution is 2.25. The van der Waals surface area contributed by atoms with Gasteiger partial charge in [-0.3, -0.25) is 0 Å². The molecule has 2 N–H and O–H groups in total. The van der Waals surface area contributed by atoms with Gasteiger partial charge in [0.25, 0.3) is 0 Å². The average molecular weight is 188 g/mol. The maximum atomic E-state index is 9.24. The van der Waals surface area contributed by atoms with Crippen LogP contribution in [0.2, 0.25) is 0 Å². The van der Waals surface area contributed by atoms with Crippen molar-refractivity contribution in [3.8, 4) is 0 Å². The van der Waals surface area contributed by atoms with Crippen molar-refractivity contribution < 1.29 is 10.0 Å². The molecule has 1 aromatic carbocycles. The summed E-state index contributed by atoms with van der Waals surface area (Å²) in [6, 6.07) is 7.93. The van der Waals surface area contributed by atoms with E-state index in [4.69, 9.17) is 0 Å². The summed E-state index contributed by atoms with van der Waals surface area (Å²) >= 11 is 0. The Morgan fingerprint density at radius 3 is 2.71 bits per heavy atom. The van der Waals surface area contributed by atoms with E-state index in [2.05, 4.69) is 6.07 Å².